The van der Waals surface area contributed by atoms with Gasteiger partial charge in [-0.05, 0) is 28.4 Å². The van der Waals surface area contributed by atoms with Crippen LogP contribution in [0.4, 0.5) is 0 Å². The average Bonchev–Trinajstić information content (AvgIpc) is 2.93. The van der Waals surface area contributed by atoms with Gasteiger partial charge in [-0.3, -0.25) is 0 Å². The largest absolute Gasteiger partial charge is 0.497 e. The number of aromatic nitrogens is 1. The molecule has 5 nitrogen and oxygen atoms in total. The average molecular weight is 353 g/mol. The van der Waals surface area contributed by atoms with E-state index in [4.69, 9.17) is 4.74 Å². The third-order valence-electron chi connectivity index (χ3n) is 3.74. The van der Waals surface area contributed by atoms with Crippen LogP contribution in [-0.4, -0.2) is 46.0 Å². The van der Waals surface area contributed by atoms with Crippen molar-refractivity contribution in [1.82, 2.24) is 8.28 Å². The fraction of sp³-hybridized carbons (Fsp3) is 0.375. The Kier molecular flexibility index (Phi) is 4.75. The van der Waals surface area contributed by atoms with E-state index in [1.54, 1.807) is 19.5 Å². The van der Waals surface area contributed by atoms with Crippen LogP contribution in [0.15, 0.2) is 36.7 Å². The predicted molar refractivity (Wildman–Crippen MR) is 97.4 cm³/mol. The van der Waals surface area contributed by atoms with Crippen molar-refractivity contribution >= 4 is 23.5 Å². The first-order valence-corrected chi connectivity index (χ1v) is 12.3. The monoisotopic (exact) mass is 352 g/mol. The van der Waals surface area contributed by atoms with Crippen molar-refractivity contribution in [3.8, 4) is 16.9 Å². The van der Waals surface area contributed by atoms with E-state index in [1.807, 2.05) is 24.3 Å². The molecule has 1 aromatic heterocycles. The first-order chi connectivity index (χ1) is 10.6. The van der Waals surface area contributed by atoms with Gasteiger partial charge in [0.05, 0.1) is 15.2 Å². The molecule has 0 aliphatic heterocycles. The van der Waals surface area contributed by atoms with Crippen LogP contribution in [0, 0.1) is 0 Å². The molecule has 7 heteroatoms. The second kappa shape index (κ2) is 6.14. The van der Waals surface area contributed by atoms with Gasteiger partial charge in [-0.1, -0.05) is 31.8 Å². The quantitative estimate of drug-likeness (QED) is 0.776. The third kappa shape index (κ3) is 3.51. The third-order valence-corrected chi connectivity index (χ3v) is 7.42. The number of hydrogen-bond donors (Lipinski definition) is 0. The molecule has 0 aliphatic rings. The highest BCUT2D eigenvalue weighted by Gasteiger charge is 2.26. The number of rotatable bonds is 5. The molecule has 0 aliphatic carbocycles. The molecule has 0 amide bonds. The van der Waals surface area contributed by atoms with E-state index in [2.05, 4.69) is 19.6 Å². The lowest BCUT2D eigenvalue weighted by atomic mass is 10.1. The molecular weight excluding hydrogens is 328 g/mol. The highest BCUT2D eigenvalue weighted by atomic mass is 32.2. The molecule has 0 bridgehead atoms. The zero-order chi connectivity index (χ0) is 17.4. The molecule has 23 heavy (non-hydrogen) atoms. The van der Waals surface area contributed by atoms with Gasteiger partial charge in [0, 0.05) is 26.5 Å². The van der Waals surface area contributed by atoms with Crippen LogP contribution in [-0.2, 0) is 10.2 Å². The number of nitrogens with zero attached hydrogens (tertiary/aromatic N) is 2. The van der Waals surface area contributed by atoms with Crippen molar-refractivity contribution in [2.24, 2.45) is 0 Å². The van der Waals surface area contributed by atoms with Crippen LogP contribution in [0.5, 0.6) is 5.75 Å². The lowest BCUT2D eigenvalue weighted by Gasteiger charge is -2.17. The topological polar surface area (TPSA) is 51.5 Å². The Hall–Kier alpha value is -1.57. The van der Waals surface area contributed by atoms with Gasteiger partial charge in [0.2, 0.25) is 0 Å². The molecule has 1 aromatic carbocycles. The summed E-state index contributed by atoms with van der Waals surface area (Å²) in [5, 5.41) is 1.12. The summed E-state index contributed by atoms with van der Waals surface area (Å²) in [6.45, 7) is 6.63. The maximum Gasteiger partial charge on any atom is 0.306 e. The number of ether oxygens (including phenoxy) is 1. The molecule has 0 saturated carbocycles. The van der Waals surface area contributed by atoms with Crippen molar-refractivity contribution in [3.05, 3.63) is 36.7 Å². The standard InChI is InChI=1S/C16H24N2O3SSi/c1-17(2)22(19,20)18-11-15(16(12-18)23(4,5)6)13-7-9-14(21-3)10-8-13/h7-12H,1-6H3. The van der Waals surface area contributed by atoms with Crippen LogP contribution < -0.4 is 9.92 Å². The van der Waals surface area contributed by atoms with Crippen LogP contribution in [0.2, 0.25) is 19.6 Å². The van der Waals surface area contributed by atoms with Crippen molar-refractivity contribution < 1.29 is 13.2 Å². The Bertz CT molecular complexity index is 788. The summed E-state index contributed by atoms with van der Waals surface area (Å²) in [6, 6.07) is 7.71. The van der Waals surface area contributed by atoms with Gasteiger partial charge >= 0.3 is 10.2 Å². The molecule has 0 unspecified atom stereocenters. The zero-order valence-corrected chi connectivity index (χ0v) is 16.3. The van der Waals surface area contributed by atoms with Crippen LogP contribution in [0.1, 0.15) is 0 Å². The van der Waals surface area contributed by atoms with E-state index in [0.717, 1.165) is 22.1 Å². The molecule has 0 fully saturated rings. The normalized spacial score (nSPS) is 12.7. The van der Waals surface area contributed by atoms with Crippen molar-refractivity contribution in [1.29, 1.82) is 0 Å². The Morgan fingerprint density at radius 3 is 2.04 bits per heavy atom. The van der Waals surface area contributed by atoms with Crippen molar-refractivity contribution in [2.45, 2.75) is 19.6 Å². The summed E-state index contributed by atoms with van der Waals surface area (Å²) in [5.74, 6) is 0.781. The van der Waals surface area contributed by atoms with E-state index < -0.39 is 18.3 Å². The molecule has 2 rings (SSSR count). The highest BCUT2D eigenvalue weighted by Crippen LogP contribution is 2.25. The molecule has 1 heterocycles. The molecule has 0 spiro atoms. The number of benzene rings is 1. The maximum absolute atomic E-state index is 12.4. The second-order valence-corrected chi connectivity index (χ2v) is 13.8. The fourth-order valence-corrected chi connectivity index (χ4v) is 4.84. The Morgan fingerprint density at radius 1 is 1.04 bits per heavy atom. The number of hydrogen-bond acceptors (Lipinski definition) is 3. The number of methoxy groups -OCH3 is 1. The van der Waals surface area contributed by atoms with Crippen molar-refractivity contribution in [2.75, 3.05) is 21.2 Å². The van der Waals surface area contributed by atoms with Gasteiger partial charge in [-0.25, -0.2) is 3.97 Å². The van der Waals surface area contributed by atoms with E-state index in [1.165, 1.54) is 22.4 Å². The summed E-state index contributed by atoms with van der Waals surface area (Å²) in [7, 11) is -0.518. The summed E-state index contributed by atoms with van der Waals surface area (Å²) < 4.78 is 32.6. The van der Waals surface area contributed by atoms with E-state index in [-0.39, 0.29) is 0 Å². The van der Waals surface area contributed by atoms with Gasteiger partial charge in [0.15, 0.2) is 0 Å². The van der Waals surface area contributed by atoms with Gasteiger partial charge in [0.25, 0.3) is 0 Å². The van der Waals surface area contributed by atoms with Crippen LogP contribution in [0.3, 0.4) is 0 Å². The van der Waals surface area contributed by atoms with Gasteiger partial charge in [-0.2, -0.15) is 12.7 Å². The molecule has 126 valence electrons. The molecular formula is C16H24N2O3SSi. The molecule has 0 atom stereocenters. The lowest BCUT2D eigenvalue weighted by Crippen LogP contribution is -2.38. The predicted octanol–water partition coefficient (Wildman–Crippen LogP) is 2.36. The first-order valence-electron chi connectivity index (χ1n) is 7.37. The smallest absolute Gasteiger partial charge is 0.306 e. The maximum atomic E-state index is 12.4. The minimum absolute atomic E-state index is 0.781. The van der Waals surface area contributed by atoms with Crippen molar-refractivity contribution in [3.63, 3.8) is 0 Å². The summed E-state index contributed by atoms with van der Waals surface area (Å²) in [6.07, 6.45) is 3.48. The fourth-order valence-electron chi connectivity index (χ4n) is 2.35. The molecule has 0 N–H and O–H groups in total. The minimum Gasteiger partial charge on any atom is -0.497 e. The SMILES string of the molecule is COc1ccc(-c2cn(S(=O)(=O)N(C)C)cc2[Si](C)(C)C)cc1. The van der Waals surface area contributed by atoms with Crippen LogP contribution in [0.25, 0.3) is 11.1 Å². The van der Waals surface area contributed by atoms with Gasteiger partial charge < -0.3 is 4.74 Å². The Morgan fingerprint density at radius 2 is 1.61 bits per heavy atom. The second-order valence-electron chi connectivity index (χ2n) is 6.68. The molecule has 0 radical (unpaired) electrons. The van der Waals surface area contributed by atoms with E-state index >= 15 is 0 Å². The zero-order valence-electron chi connectivity index (χ0n) is 14.5. The first kappa shape index (κ1) is 17.8. The van der Waals surface area contributed by atoms with E-state index in [9.17, 15) is 8.42 Å². The van der Waals surface area contributed by atoms with Gasteiger partial charge in [0.1, 0.15) is 5.75 Å². The Balaban J connectivity index is 2.64. The summed E-state index contributed by atoms with van der Waals surface area (Å²) >= 11 is 0. The van der Waals surface area contributed by atoms with E-state index in [0.29, 0.717) is 0 Å². The molecule has 2 aromatic rings. The summed E-state index contributed by atoms with van der Waals surface area (Å²) in [5.41, 5.74) is 1.97. The van der Waals surface area contributed by atoms with Crippen LogP contribution >= 0.6 is 0 Å². The molecule has 0 saturated heterocycles. The summed E-state index contributed by atoms with van der Waals surface area (Å²) in [4.78, 5) is 0. The Labute approximate surface area is 139 Å². The minimum atomic E-state index is -3.51. The highest BCUT2D eigenvalue weighted by molar-refractivity contribution is 7.87. The lowest BCUT2D eigenvalue weighted by molar-refractivity contribution is 0.415. The van der Waals surface area contributed by atoms with Gasteiger partial charge in [-0.15, -0.1) is 0 Å².